The Balaban J connectivity index is 1.94. The fourth-order valence-electron chi connectivity index (χ4n) is 2.87. The topological polar surface area (TPSA) is 44.2 Å². The summed E-state index contributed by atoms with van der Waals surface area (Å²) in [5.41, 5.74) is 4.94. The maximum absolute atomic E-state index is 12.9. The van der Waals surface area contributed by atoms with E-state index in [0.717, 1.165) is 16.8 Å². The van der Waals surface area contributed by atoms with Gasteiger partial charge in [-0.25, -0.2) is 4.39 Å². The van der Waals surface area contributed by atoms with E-state index >= 15 is 0 Å². The smallest absolute Gasteiger partial charge is 0.274 e. The Morgan fingerprint density at radius 2 is 1.71 bits per heavy atom. The van der Waals surface area contributed by atoms with Crippen LogP contribution in [0, 0.1) is 26.6 Å². The van der Waals surface area contributed by atoms with Crippen LogP contribution >= 0.6 is 0 Å². The molecule has 1 heterocycles. The molecule has 2 aromatic carbocycles. The van der Waals surface area contributed by atoms with Crippen molar-refractivity contribution in [2.45, 2.75) is 20.8 Å². The molecule has 0 unspecified atom stereocenters. The lowest BCUT2D eigenvalue weighted by Crippen LogP contribution is -2.30. The molecular weight excluding hydrogens is 305 g/mol. The SMILES string of the molecule is Cc1cc(C)c(-[n+]2ccn(/N=C(\[O-])c3ccc(F)cc3)c2)c(C)c1. The average Bonchev–Trinajstić information content (AvgIpc) is 2.95. The van der Waals surface area contributed by atoms with E-state index in [0.29, 0.717) is 5.56 Å². The molecule has 3 aromatic rings. The van der Waals surface area contributed by atoms with E-state index in [1.54, 1.807) is 12.5 Å². The Bertz CT molecular complexity index is 888. The summed E-state index contributed by atoms with van der Waals surface area (Å²) in [4.78, 5) is 0. The molecule has 24 heavy (non-hydrogen) atoms. The van der Waals surface area contributed by atoms with Gasteiger partial charge in [-0.2, -0.15) is 4.57 Å². The zero-order chi connectivity index (χ0) is 17.3. The van der Waals surface area contributed by atoms with Crippen molar-refractivity contribution < 1.29 is 14.1 Å². The summed E-state index contributed by atoms with van der Waals surface area (Å²) in [5.74, 6) is -0.800. The normalized spacial score (nSPS) is 11.8. The van der Waals surface area contributed by atoms with E-state index < -0.39 is 5.90 Å². The van der Waals surface area contributed by atoms with Crippen LogP contribution in [0.15, 0.2) is 60.2 Å². The van der Waals surface area contributed by atoms with Gasteiger partial charge < -0.3 is 5.11 Å². The highest BCUT2D eigenvalue weighted by atomic mass is 19.1. The molecule has 0 aliphatic rings. The summed E-state index contributed by atoms with van der Waals surface area (Å²) >= 11 is 0. The third kappa shape index (κ3) is 3.20. The fraction of sp³-hybridized carbons (Fsp3) is 0.158. The van der Waals surface area contributed by atoms with E-state index in [4.69, 9.17) is 0 Å². The summed E-state index contributed by atoms with van der Waals surface area (Å²) in [5, 5.41) is 16.1. The van der Waals surface area contributed by atoms with Crippen molar-refractivity contribution in [1.29, 1.82) is 0 Å². The summed E-state index contributed by atoms with van der Waals surface area (Å²) < 4.78 is 16.3. The zero-order valence-corrected chi connectivity index (χ0v) is 13.8. The number of rotatable bonds is 3. The molecule has 0 amide bonds. The molecule has 0 aliphatic heterocycles. The molecule has 0 spiro atoms. The number of halogens is 1. The number of nitrogens with zero attached hydrogens (tertiary/aromatic N) is 3. The third-order valence-electron chi connectivity index (χ3n) is 3.81. The molecule has 4 nitrogen and oxygen atoms in total. The molecule has 0 saturated heterocycles. The van der Waals surface area contributed by atoms with Crippen molar-refractivity contribution in [1.82, 2.24) is 4.68 Å². The largest absolute Gasteiger partial charge is 0.856 e. The monoisotopic (exact) mass is 323 g/mol. The Hall–Kier alpha value is -2.95. The van der Waals surface area contributed by atoms with Crippen LogP contribution in [0.2, 0.25) is 0 Å². The van der Waals surface area contributed by atoms with Crippen LogP contribution in [0.4, 0.5) is 4.39 Å². The highest BCUT2D eigenvalue weighted by molar-refractivity contribution is 5.90. The van der Waals surface area contributed by atoms with Crippen molar-refractivity contribution >= 4 is 5.90 Å². The fourth-order valence-corrected chi connectivity index (χ4v) is 2.87. The number of benzene rings is 2. The van der Waals surface area contributed by atoms with E-state index in [9.17, 15) is 9.50 Å². The second-order valence-corrected chi connectivity index (χ2v) is 5.86. The Kier molecular flexibility index (Phi) is 4.16. The van der Waals surface area contributed by atoms with E-state index in [1.807, 2.05) is 10.8 Å². The molecule has 0 saturated carbocycles. The predicted octanol–water partition coefficient (Wildman–Crippen LogP) is 2.40. The lowest BCUT2D eigenvalue weighted by molar-refractivity contribution is -0.596. The summed E-state index contributed by atoms with van der Waals surface area (Å²) in [6.45, 7) is 6.18. The van der Waals surface area contributed by atoms with Crippen LogP contribution in [0.25, 0.3) is 5.69 Å². The van der Waals surface area contributed by atoms with Crippen LogP contribution in [-0.2, 0) is 0 Å². The number of aromatic nitrogens is 2. The van der Waals surface area contributed by atoms with Gasteiger partial charge in [-0.1, -0.05) is 34.9 Å². The standard InChI is InChI=1S/C19H18FN3O/c1-13-10-14(2)18(15(3)11-13)22-8-9-23(12-22)21-19(24)16-4-6-17(20)7-5-16/h4-12H,1-3H3. The maximum Gasteiger partial charge on any atom is 0.274 e. The van der Waals surface area contributed by atoms with Gasteiger partial charge in [0.05, 0.1) is 0 Å². The molecule has 0 bridgehead atoms. The van der Waals surface area contributed by atoms with Crippen LogP contribution in [0.3, 0.4) is 0 Å². The average molecular weight is 323 g/mol. The van der Waals surface area contributed by atoms with Gasteiger partial charge in [-0.15, -0.1) is 4.68 Å². The van der Waals surface area contributed by atoms with Crippen molar-refractivity contribution in [3.05, 3.63) is 83.2 Å². The Labute approximate surface area is 140 Å². The lowest BCUT2D eigenvalue weighted by Gasteiger charge is -2.08. The summed E-state index contributed by atoms with van der Waals surface area (Å²) in [6, 6.07) is 9.58. The summed E-state index contributed by atoms with van der Waals surface area (Å²) in [7, 11) is 0. The Morgan fingerprint density at radius 1 is 1.08 bits per heavy atom. The molecule has 3 rings (SSSR count). The van der Waals surface area contributed by atoms with Gasteiger partial charge in [0.25, 0.3) is 6.33 Å². The van der Waals surface area contributed by atoms with Crippen LogP contribution in [-0.4, -0.2) is 10.6 Å². The maximum atomic E-state index is 12.9. The quantitative estimate of drug-likeness (QED) is 0.415. The predicted molar refractivity (Wildman–Crippen MR) is 88.5 cm³/mol. The molecule has 0 N–H and O–H groups in total. The van der Waals surface area contributed by atoms with Gasteiger partial charge in [0, 0.05) is 5.90 Å². The summed E-state index contributed by atoms with van der Waals surface area (Å²) in [6.07, 6.45) is 5.30. The molecule has 0 aliphatic carbocycles. The lowest BCUT2D eigenvalue weighted by atomic mass is 10.1. The number of hydrogen-bond acceptors (Lipinski definition) is 2. The molecule has 0 fully saturated rings. The molecule has 0 radical (unpaired) electrons. The first-order valence-corrected chi connectivity index (χ1v) is 7.63. The van der Waals surface area contributed by atoms with Gasteiger partial charge in [0.15, 0.2) is 6.20 Å². The van der Waals surface area contributed by atoms with E-state index in [2.05, 4.69) is 38.0 Å². The van der Waals surface area contributed by atoms with Crippen LogP contribution in [0.1, 0.15) is 22.3 Å². The molecule has 0 atom stereocenters. The van der Waals surface area contributed by atoms with Crippen molar-refractivity contribution in [2.24, 2.45) is 5.10 Å². The van der Waals surface area contributed by atoms with Crippen molar-refractivity contribution in [3.8, 4) is 5.69 Å². The second-order valence-electron chi connectivity index (χ2n) is 5.86. The van der Waals surface area contributed by atoms with E-state index in [1.165, 1.54) is 34.5 Å². The molecule has 1 aromatic heterocycles. The van der Waals surface area contributed by atoms with Crippen LogP contribution in [0.5, 0.6) is 0 Å². The van der Waals surface area contributed by atoms with Gasteiger partial charge in [0.1, 0.15) is 17.7 Å². The highest BCUT2D eigenvalue weighted by Gasteiger charge is 2.12. The Morgan fingerprint density at radius 3 is 2.33 bits per heavy atom. The van der Waals surface area contributed by atoms with Crippen LogP contribution < -0.4 is 9.67 Å². The van der Waals surface area contributed by atoms with Crippen molar-refractivity contribution in [3.63, 3.8) is 0 Å². The number of aryl methyl sites for hydroxylation is 3. The molecule has 5 heteroatoms. The highest BCUT2D eigenvalue weighted by Crippen LogP contribution is 2.16. The van der Waals surface area contributed by atoms with Gasteiger partial charge in [-0.05, 0) is 49.6 Å². The first-order valence-electron chi connectivity index (χ1n) is 7.63. The number of hydrogen-bond donors (Lipinski definition) is 0. The zero-order valence-electron chi connectivity index (χ0n) is 13.8. The second kappa shape index (κ2) is 6.28. The minimum absolute atomic E-state index is 0.347. The number of imidazole rings is 1. The van der Waals surface area contributed by atoms with Gasteiger partial charge in [0.2, 0.25) is 0 Å². The van der Waals surface area contributed by atoms with Gasteiger partial charge >= 0.3 is 0 Å². The minimum Gasteiger partial charge on any atom is -0.856 e. The molecular formula is C19H18FN3O. The first kappa shape index (κ1) is 15.9. The van der Waals surface area contributed by atoms with Gasteiger partial charge in [-0.3, -0.25) is 0 Å². The minimum atomic E-state index is -0.421. The first-order chi connectivity index (χ1) is 11.4. The molecule has 122 valence electrons. The van der Waals surface area contributed by atoms with Crippen molar-refractivity contribution in [2.75, 3.05) is 0 Å². The van der Waals surface area contributed by atoms with E-state index in [-0.39, 0.29) is 5.82 Å². The third-order valence-corrected chi connectivity index (χ3v) is 3.81.